The molecule has 0 atom stereocenters. The van der Waals surface area contributed by atoms with Crippen molar-refractivity contribution in [2.45, 2.75) is 58.7 Å². The predicted octanol–water partition coefficient (Wildman–Crippen LogP) is 3.57. The van der Waals surface area contributed by atoms with Crippen molar-refractivity contribution in [1.29, 1.82) is 0 Å². The third kappa shape index (κ3) is 5.33. The molecular formula is C18H30N2O. The summed E-state index contributed by atoms with van der Waals surface area (Å²) >= 11 is 0. The average molecular weight is 290 g/mol. The van der Waals surface area contributed by atoms with Crippen LogP contribution in [-0.2, 0) is 13.1 Å². The molecule has 1 saturated carbocycles. The van der Waals surface area contributed by atoms with Crippen molar-refractivity contribution in [3.8, 4) is 5.75 Å². The molecule has 0 unspecified atom stereocenters. The van der Waals surface area contributed by atoms with E-state index in [1.165, 1.54) is 43.4 Å². The minimum Gasteiger partial charge on any atom is -0.496 e. The smallest absolute Gasteiger partial charge is 0.123 e. The van der Waals surface area contributed by atoms with Crippen molar-refractivity contribution < 1.29 is 4.74 Å². The molecule has 0 amide bonds. The highest BCUT2D eigenvalue weighted by Crippen LogP contribution is 2.23. The van der Waals surface area contributed by atoms with Crippen LogP contribution in [0.4, 0.5) is 0 Å². The summed E-state index contributed by atoms with van der Waals surface area (Å²) in [4.78, 5) is 2.50. The number of benzene rings is 1. The second kappa shape index (κ2) is 8.40. The Morgan fingerprint density at radius 1 is 1.29 bits per heavy atom. The third-order valence-corrected chi connectivity index (χ3v) is 4.19. The fourth-order valence-corrected chi connectivity index (χ4v) is 2.59. The highest BCUT2D eigenvalue weighted by molar-refractivity contribution is 5.37. The van der Waals surface area contributed by atoms with Crippen molar-refractivity contribution in [3.63, 3.8) is 0 Å². The second-order valence-corrected chi connectivity index (χ2v) is 6.02. The van der Waals surface area contributed by atoms with Gasteiger partial charge >= 0.3 is 0 Å². The molecule has 118 valence electrons. The molecule has 1 aliphatic rings. The molecule has 0 heterocycles. The largest absolute Gasteiger partial charge is 0.496 e. The predicted molar refractivity (Wildman–Crippen MR) is 88.7 cm³/mol. The molecule has 0 saturated heterocycles. The Kier molecular flexibility index (Phi) is 6.52. The number of unbranched alkanes of at least 4 members (excludes halogenated alkanes) is 1. The van der Waals surface area contributed by atoms with Crippen LogP contribution in [0, 0.1) is 0 Å². The molecule has 1 aromatic carbocycles. The van der Waals surface area contributed by atoms with Crippen molar-refractivity contribution in [2.75, 3.05) is 20.2 Å². The lowest BCUT2D eigenvalue weighted by atomic mass is 10.1. The van der Waals surface area contributed by atoms with E-state index >= 15 is 0 Å². The molecule has 3 heteroatoms. The molecule has 0 bridgehead atoms. The van der Waals surface area contributed by atoms with E-state index in [0.29, 0.717) is 0 Å². The maximum atomic E-state index is 5.54. The number of methoxy groups -OCH3 is 1. The summed E-state index contributed by atoms with van der Waals surface area (Å²) in [6.07, 6.45) is 5.19. The first-order valence-electron chi connectivity index (χ1n) is 8.38. The summed E-state index contributed by atoms with van der Waals surface area (Å²) in [7, 11) is 1.77. The zero-order valence-electron chi connectivity index (χ0n) is 13.8. The van der Waals surface area contributed by atoms with E-state index in [1.54, 1.807) is 7.11 Å². The van der Waals surface area contributed by atoms with E-state index in [1.807, 2.05) is 0 Å². The Balaban J connectivity index is 2.00. The number of ether oxygens (including phenoxy) is 1. The number of hydrogen-bond donors (Lipinski definition) is 1. The average Bonchev–Trinajstić information content (AvgIpc) is 3.33. The van der Waals surface area contributed by atoms with Gasteiger partial charge in [-0.1, -0.05) is 26.3 Å². The minimum absolute atomic E-state index is 0.757. The number of hydrogen-bond acceptors (Lipinski definition) is 3. The van der Waals surface area contributed by atoms with Crippen LogP contribution in [0.15, 0.2) is 18.2 Å². The lowest BCUT2D eigenvalue weighted by Crippen LogP contribution is -2.24. The maximum Gasteiger partial charge on any atom is 0.123 e. The summed E-state index contributed by atoms with van der Waals surface area (Å²) in [6.45, 7) is 8.70. The monoisotopic (exact) mass is 290 g/mol. The van der Waals surface area contributed by atoms with Crippen molar-refractivity contribution in [3.05, 3.63) is 29.3 Å². The molecule has 1 aromatic rings. The van der Waals surface area contributed by atoms with Gasteiger partial charge in [0, 0.05) is 24.7 Å². The number of rotatable bonds is 10. The molecule has 0 spiro atoms. The molecule has 1 fully saturated rings. The van der Waals surface area contributed by atoms with Crippen molar-refractivity contribution in [1.82, 2.24) is 10.2 Å². The van der Waals surface area contributed by atoms with E-state index < -0.39 is 0 Å². The van der Waals surface area contributed by atoms with Gasteiger partial charge in [0.2, 0.25) is 0 Å². The fraction of sp³-hybridized carbons (Fsp3) is 0.667. The molecule has 0 aromatic heterocycles. The van der Waals surface area contributed by atoms with E-state index in [-0.39, 0.29) is 0 Å². The van der Waals surface area contributed by atoms with Crippen LogP contribution in [0.25, 0.3) is 0 Å². The third-order valence-electron chi connectivity index (χ3n) is 4.19. The van der Waals surface area contributed by atoms with Crippen LogP contribution >= 0.6 is 0 Å². The quantitative estimate of drug-likeness (QED) is 0.713. The van der Waals surface area contributed by atoms with Gasteiger partial charge in [0.05, 0.1) is 7.11 Å². The Hall–Kier alpha value is -1.06. The molecule has 21 heavy (non-hydrogen) atoms. The second-order valence-electron chi connectivity index (χ2n) is 6.02. The van der Waals surface area contributed by atoms with Gasteiger partial charge in [0.25, 0.3) is 0 Å². The van der Waals surface area contributed by atoms with Gasteiger partial charge in [-0.3, -0.25) is 4.90 Å². The Morgan fingerprint density at radius 3 is 2.71 bits per heavy atom. The van der Waals surface area contributed by atoms with Gasteiger partial charge < -0.3 is 10.1 Å². The standard InChI is InChI=1S/C18H30N2O/c1-4-6-11-20(5-2)14-16-12-15(7-10-18(16)21-3)13-19-17-8-9-17/h7,10,12,17,19H,4-6,8-9,11,13-14H2,1-3H3. The van der Waals surface area contributed by atoms with Gasteiger partial charge in [0.1, 0.15) is 5.75 Å². The SMILES string of the molecule is CCCCN(CC)Cc1cc(CNC2CC2)ccc1OC. The molecule has 0 aliphatic heterocycles. The first-order valence-corrected chi connectivity index (χ1v) is 8.38. The zero-order chi connectivity index (χ0) is 15.1. The van der Waals surface area contributed by atoms with Gasteiger partial charge in [-0.25, -0.2) is 0 Å². The molecule has 1 aliphatic carbocycles. The first kappa shape index (κ1) is 16.3. The van der Waals surface area contributed by atoms with E-state index in [9.17, 15) is 0 Å². The summed E-state index contributed by atoms with van der Waals surface area (Å²) in [5, 5.41) is 3.58. The Morgan fingerprint density at radius 2 is 2.10 bits per heavy atom. The summed E-state index contributed by atoms with van der Waals surface area (Å²) < 4.78 is 5.54. The van der Waals surface area contributed by atoms with Crippen LogP contribution in [0.3, 0.4) is 0 Å². The fourth-order valence-electron chi connectivity index (χ4n) is 2.59. The number of nitrogens with one attached hydrogen (secondary N) is 1. The highest BCUT2D eigenvalue weighted by Gasteiger charge is 2.20. The van der Waals surface area contributed by atoms with Crippen LogP contribution in [0.2, 0.25) is 0 Å². The van der Waals surface area contributed by atoms with Crippen molar-refractivity contribution in [2.24, 2.45) is 0 Å². The molecule has 2 rings (SSSR count). The maximum absolute atomic E-state index is 5.54. The Labute approximate surface area is 129 Å². The summed E-state index contributed by atoms with van der Waals surface area (Å²) in [5.74, 6) is 1.01. The lowest BCUT2D eigenvalue weighted by Gasteiger charge is -2.22. The Bertz CT molecular complexity index is 429. The van der Waals surface area contributed by atoms with E-state index in [0.717, 1.165) is 31.4 Å². The van der Waals surface area contributed by atoms with Gasteiger partial charge in [-0.05, 0) is 50.0 Å². The van der Waals surface area contributed by atoms with Crippen molar-refractivity contribution >= 4 is 0 Å². The zero-order valence-corrected chi connectivity index (χ0v) is 13.8. The van der Waals surface area contributed by atoms with E-state index in [2.05, 4.69) is 42.3 Å². The number of nitrogens with zero attached hydrogens (tertiary/aromatic N) is 1. The van der Waals surface area contributed by atoms with Crippen LogP contribution in [0.5, 0.6) is 5.75 Å². The van der Waals surface area contributed by atoms with Crippen LogP contribution < -0.4 is 10.1 Å². The minimum atomic E-state index is 0.757. The molecule has 3 nitrogen and oxygen atoms in total. The topological polar surface area (TPSA) is 24.5 Å². The first-order chi connectivity index (χ1) is 10.3. The van der Waals surface area contributed by atoms with Gasteiger partial charge in [-0.2, -0.15) is 0 Å². The van der Waals surface area contributed by atoms with Crippen LogP contribution in [0.1, 0.15) is 50.7 Å². The summed E-state index contributed by atoms with van der Waals surface area (Å²) in [6, 6.07) is 7.36. The normalized spacial score (nSPS) is 14.7. The van der Waals surface area contributed by atoms with Crippen LogP contribution in [-0.4, -0.2) is 31.1 Å². The van der Waals surface area contributed by atoms with E-state index in [4.69, 9.17) is 4.74 Å². The lowest BCUT2D eigenvalue weighted by molar-refractivity contribution is 0.270. The molecule has 1 N–H and O–H groups in total. The molecular weight excluding hydrogens is 260 g/mol. The molecule has 0 radical (unpaired) electrons. The van der Waals surface area contributed by atoms with Gasteiger partial charge in [-0.15, -0.1) is 0 Å². The summed E-state index contributed by atoms with van der Waals surface area (Å²) in [5.41, 5.74) is 2.68. The highest BCUT2D eigenvalue weighted by atomic mass is 16.5. The van der Waals surface area contributed by atoms with Gasteiger partial charge in [0.15, 0.2) is 0 Å².